The van der Waals surface area contributed by atoms with E-state index in [1.807, 2.05) is 32.4 Å². The Labute approximate surface area is 172 Å². The molecule has 0 saturated heterocycles. The molecule has 0 N–H and O–H groups in total. The standard InChI is InChI=1S/C23H31N3O3/c1-25(18-7-6-8-18)23(27)28-16-22-21(15-24-26(22)2)17-11-13-20(14-12-17)29-19-9-4-3-5-10-19/h11-15,18-19H,3-10,16H2,1-2H3. The highest BCUT2D eigenvalue weighted by Gasteiger charge is 2.27. The van der Waals surface area contributed by atoms with Crippen LogP contribution >= 0.6 is 0 Å². The summed E-state index contributed by atoms with van der Waals surface area (Å²) in [5.74, 6) is 0.916. The van der Waals surface area contributed by atoms with Crippen LogP contribution in [-0.2, 0) is 18.4 Å². The summed E-state index contributed by atoms with van der Waals surface area (Å²) in [7, 11) is 3.70. The van der Waals surface area contributed by atoms with Crippen LogP contribution < -0.4 is 4.74 Å². The molecule has 0 radical (unpaired) electrons. The lowest BCUT2D eigenvalue weighted by atomic mass is 9.92. The lowest BCUT2D eigenvalue weighted by molar-refractivity contribution is 0.0734. The van der Waals surface area contributed by atoms with Gasteiger partial charge in [-0.25, -0.2) is 4.79 Å². The van der Waals surface area contributed by atoms with Gasteiger partial charge in [-0.05, 0) is 62.6 Å². The van der Waals surface area contributed by atoms with Gasteiger partial charge in [0.05, 0.1) is 18.0 Å². The second-order valence-corrected chi connectivity index (χ2v) is 8.28. The molecule has 6 heteroatoms. The number of amides is 1. The minimum Gasteiger partial charge on any atom is -0.490 e. The van der Waals surface area contributed by atoms with Crippen molar-refractivity contribution in [2.24, 2.45) is 7.05 Å². The smallest absolute Gasteiger partial charge is 0.410 e. The van der Waals surface area contributed by atoms with Crippen LogP contribution in [0.15, 0.2) is 30.5 Å². The van der Waals surface area contributed by atoms with Crippen molar-refractivity contribution in [2.75, 3.05) is 7.05 Å². The predicted molar refractivity (Wildman–Crippen MR) is 112 cm³/mol. The molecule has 2 fully saturated rings. The van der Waals surface area contributed by atoms with Crippen LogP contribution in [0.2, 0.25) is 0 Å². The largest absolute Gasteiger partial charge is 0.490 e. The van der Waals surface area contributed by atoms with Crippen molar-refractivity contribution in [1.82, 2.24) is 14.7 Å². The SMILES string of the molecule is CN(C(=O)OCc1c(-c2ccc(OC3CCCCC3)cc2)cnn1C)C1CCC1. The first-order valence-corrected chi connectivity index (χ1v) is 10.8. The summed E-state index contributed by atoms with van der Waals surface area (Å²) in [6.45, 7) is 0.210. The van der Waals surface area contributed by atoms with Gasteiger partial charge in [-0.1, -0.05) is 18.6 Å². The quantitative estimate of drug-likeness (QED) is 0.694. The summed E-state index contributed by atoms with van der Waals surface area (Å²) in [5, 5.41) is 4.37. The van der Waals surface area contributed by atoms with Crippen molar-refractivity contribution in [3.8, 4) is 16.9 Å². The van der Waals surface area contributed by atoms with Crippen LogP contribution in [-0.4, -0.2) is 40.0 Å². The average Bonchev–Trinajstić information content (AvgIpc) is 3.06. The number of nitrogens with zero attached hydrogens (tertiary/aromatic N) is 3. The maximum absolute atomic E-state index is 12.3. The molecule has 2 aliphatic carbocycles. The third kappa shape index (κ3) is 4.57. The van der Waals surface area contributed by atoms with Gasteiger partial charge >= 0.3 is 6.09 Å². The molecule has 2 aliphatic rings. The second kappa shape index (κ2) is 8.89. The van der Waals surface area contributed by atoms with E-state index in [4.69, 9.17) is 9.47 Å². The Balaban J connectivity index is 1.40. The van der Waals surface area contributed by atoms with Gasteiger partial charge in [-0.15, -0.1) is 0 Å². The zero-order valence-electron chi connectivity index (χ0n) is 17.5. The van der Waals surface area contributed by atoms with E-state index in [0.29, 0.717) is 12.1 Å². The van der Waals surface area contributed by atoms with Gasteiger partial charge in [0.25, 0.3) is 0 Å². The molecule has 0 unspecified atom stereocenters. The number of ether oxygens (including phenoxy) is 2. The highest BCUT2D eigenvalue weighted by atomic mass is 16.6. The lowest BCUT2D eigenvalue weighted by Gasteiger charge is -2.33. The maximum Gasteiger partial charge on any atom is 0.410 e. The fourth-order valence-corrected chi connectivity index (χ4v) is 4.12. The molecule has 2 saturated carbocycles. The molecule has 0 atom stereocenters. The Morgan fingerprint density at radius 2 is 1.83 bits per heavy atom. The van der Waals surface area contributed by atoms with Gasteiger partial charge in [0.15, 0.2) is 0 Å². The molecule has 0 spiro atoms. The van der Waals surface area contributed by atoms with Crippen molar-refractivity contribution in [1.29, 1.82) is 0 Å². The number of rotatable bonds is 6. The van der Waals surface area contributed by atoms with Gasteiger partial charge in [0.1, 0.15) is 12.4 Å². The van der Waals surface area contributed by atoms with Crippen molar-refractivity contribution < 1.29 is 14.3 Å². The molecule has 0 bridgehead atoms. The summed E-state index contributed by atoms with van der Waals surface area (Å²) in [6.07, 6.45) is 11.4. The van der Waals surface area contributed by atoms with Crippen LogP contribution in [0.5, 0.6) is 5.75 Å². The Morgan fingerprint density at radius 3 is 2.48 bits per heavy atom. The van der Waals surface area contributed by atoms with Crippen LogP contribution in [0.1, 0.15) is 57.1 Å². The molecule has 29 heavy (non-hydrogen) atoms. The molecule has 0 aliphatic heterocycles. The second-order valence-electron chi connectivity index (χ2n) is 8.28. The zero-order chi connectivity index (χ0) is 20.2. The summed E-state index contributed by atoms with van der Waals surface area (Å²) in [6, 6.07) is 8.49. The fraction of sp³-hybridized carbons (Fsp3) is 0.565. The van der Waals surface area contributed by atoms with E-state index < -0.39 is 0 Å². The molecule has 4 rings (SSSR count). The highest BCUT2D eigenvalue weighted by Crippen LogP contribution is 2.29. The first-order valence-electron chi connectivity index (χ1n) is 10.8. The number of hydrogen-bond acceptors (Lipinski definition) is 4. The summed E-state index contributed by atoms with van der Waals surface area (Å²) >= 11 is 0. The predicted octanol–water partition coefficient (Wildman–Crippen LogP) is 4.92. The summed E-state index contributed by atoms with van der Waals surface area (Å²) in [4.78, 5) is 14.0. The van der Waals surface area contributed by atoms with E-state index in [2.05, 4.69) is 17.2 Å². The number of benzene rings is 1. The molecule has 156 valence electrons. The van der Waals surface area contributed by atoms with Gasteiger partial charge in [0.2, 0.25) is 0 Å². The van der Waals surface area contributed by atoms with Crippen molar-refractivity contribution in [3.05, 3.63) is 36.2 Å². The third-order valence-electron chi connectivity index (χ3n) is 6.32. The summed E-state index contributed by atoms with van der Waals surface area (Å²) in [5.41, 5.74) is 2.92. The van der Waals surface area contributed by atoms with Gasteiger partial charge < -0.3 is 14.4 Å². The van der Waals surface area contributed by atoms with E-state index >= 15 is 0 Å². The van der Waals surface area contributed by atoms with E-state index in [9.17, 15) is 4.79 Å². The normalized spacial score (nSPS) is 17.6. The maximum atomic E-state index is 12.3. The molecule has 2 aromatic rings. The molecule has 1 aromatic carbocycles. The Bertz CT molecular complexity index is 820. The zero-order valence-corrected chi connectivity index (χ0v) is 17.5. The Hall–Kier alpha value is -2.50. The average molecular weight is 398 g/mol. The lowest BCUT2D eigenvalue weighted by Crippen LogP contribution is -2.41. The van der Waals surface area contributed by atoms with Crippen molar-refractivity contribution in [2.45, 2.75) is 70.1 Å². The fourth-order valence-electron chi connectivity index (χ4n) is 4.12. The molecule has 1 aromatic heterocycles. The molecule has 6 nitrogen and oxygen atoms in total. The Kier molecular flexibility index (Phi) is 6.07. The first kappa shape index (κ1) is 19.8. The van der Waals surface area contributed by atoms with E-state index in [0.717, 1.165) is 48.3 Å². The van der Waals surface area contributed by atoms with Gasteiger partial charge in [-0.2, -0.15) is 5.10 Å². The number of hydrogen-bond donors (Lipinski definition) is 0. The van der Waals surface area contributed by atoms with Crippen LogP contribution in [0.25, 0.3) is 11.1 Å². The molecule has 1 amide bonds. The van der Waals surface area contributed by atoms with E-state index in [1.165, 1.54) is 25.7 Å². The van der Waals surface area contributed by atoms with Gasteiger partial charge in [0, 0.05) is 25.7 Å². The van der Waals surface area contributed by atoms with Gasteiger partial charge in [-0.3, -0.25) is 4.68 Å². The van der Waals surface area contributed by atoms with E-state index in [1.54, 1.807) is 9.58 Å². The number of carbonyl (C=O) groups excluding carboxylic acids is 1. The number of aryl methyl sites for hydroxylation is 1. The molecular formula is C23H31N3O3. The minimum absolute atomic E-state index is 0.210. The van der Waals surface area contributed by atoms with Crippen LogP contribution in [0, 0.1) is 0 Å². The van der Waals surface area contributed by atoms with Crippen LogP contribution in [0.3, 0.4) is 0 Å². The third-order valence-corrected chi connectivity index (χ3v) is 6.32. The first-order chi connectivity index (χ1) is 14.1. The minimum atomic E-state index is -0.266. The van der Waals surface area contributed by atoms with Crippen molar-refractivity contribution >= 4 is 6.09 Å². The highest BCUT2D eigenvalue weighted by molar-refractivity contribution is 5.69. The van der Waals surface area contributed by atoms with Crippen molar-refractivity contribution in [3.63, 3.8) is 0 Å². The monoisotopic (exact) mass is 397 g/mol. The molecular weight excluding hydrogens is 366 g/mol. The Morgan fingerprint density at radius 1 is 1.10 bits per heavy atom. The summed E-state index contributed by atoms with van der Waals surface area (Å²) < 4.78 is 13.5. The topological polar surface area (TPSA) is 56.6 Å². The van der Waals surface area contributed by atoms with E-state index in [-0.39, 0.29) is 12.7 Å². The molecule has 1 heterocycles. The van der Waals surface area contributed by atoms with Crippen LogP contribution in [0.4, 0.5) is 4.79 Å². The number of aromatic nitrogens is 2. The number of carbonyl (C=O) groups is 1.